The third kappa shape index (κ3) is 3.76. The first-order valence-corrected chi connectivity index (χ1v) is 10.4. The van der Waals surface area contributed by atoms with E-state index < -0.39 is 15.4 Å². The molecule has 3 aromatic rings. The molecule has 0 aliphatic rings. The summed E-state index contributed by atoms with van der Waals surface area (Å²) in [4.78, 5) is 0.240. The third-order valence-corrected chi connectivity index (χ3v) is 6.22. The highest BCUT2D eigenvalue weighted by Gasteiger charge is 2.33. The summed E-state index contributed by atoms with van der Waals surface area (Å²) in [6.45, 7) is 8.10. The molecule has 0 spiro atoms. The van der Waals surface area contributed by atoms with E-state index in [4.69, 9.17) is 0 Å². The van der Waals surface area contributed by atoms with Gasteiger partial charge in [0.25, 0.3) is 10.0 Å². The Morgan fingerprint density at radius 3 is 2.04 bits per heavy atom. The third-order valence-electron chi connectivity index (χ3n) is 4.31. The summed E-state index contributed by atoms with van der Waals surface area (Å²) in [5.41, 5.74) is 1.61. The molecule has 0 atom stereocenters. The van der Waals surface area contributed by atoms with Crippen molar-refractivity contribution in [1.29, 1.82) is 0 Å². The summed E-state index contributed by atoms with van der Waals surface area (Å²) < 4.78 is 30.2. The molecule has 27 heavy (non-hydrogen) atoms. The Bertz CT molecular complexity index is 1000. The van der Waals surface area contributed by atoms with Crippen LogP contribution in [-0.4, -0.2) is 24.7 Å². The van der Waals surface area contributed by atoms with E-state index in [1.165, 1.54) is 4.31 Å². The van der Waals surface area contributed by atoms with Crippen LogP contribution < -0.4 is 4.31 Å². The predicted octanol–water partition coefficient (Wildman–Crippen LogP) is 4.39. The zero-order valence-electron chi connectivity index (χ0n) is 16.1. The van der Waals surface area contributed by atoms with E-state index >= 15 is 0 Å². The summed E-state index contributed by atoms with van der Waals surface area (Å²) in [7, 11) is -3.76. The number of aromatic nitrogens is 2. The van der Waals surface area contributed by atoms with Crippen LogP contribution >= 0.6 is 0 Å². The van der Waals surface area contributed by atoms with Crippen LogP contribution in [0.1, 0.15) is 33.4 Å². The quantitative estimate of drug-likeness (QED) is 0.657. The van der Waals surface area contributed by atoms with Crippen molar-refractivity contribution >= 4 is 15.7 Å². The Morgan fingerprint density at radius 2 is 1.52 bits per heavy atom. The number of anilines is 1. The fraction of sp³-hybridized carbons (Fsp3) is 0.286. The largest absolute Gasteiger partial charge is 0.267 e. The maximum absolute atomic E-state index is 13.5. The fourth-order valence-electron chi connectivity index (χ4n) is 2.98. The van der Waals surface area contributed by atoms with Gasteiger partial charge in [-0.05, 0) is 31.2 Å². The van der Waals surface area contributed by atoms with E-state index in [-0.39, 0.29) is 4.90 Å². The maximum Gasteiger partial charge on any atom is 0.267 e. The summed E-state index contributed by atoms with van der Waals surface area (Å²) in [5, 5.41) is 4.64. The van der Waals surface area contributed by atoms with Crippen molar-refractivity contribution in [3.05, 3.63) is 72.6 Å². The van der Waals surface area contributed by atoms with Gasteiger partial charge >= 0.3 is 0 Å². The minimum absolute atomic E-state index is 0.240. The number of hydrogen-bond acceptors (Lipinski definition) is 3. The standard InChI is InChI=1S/C21H25N3O2S/c1-5-24(18-14-10-7-11-15-18)27(25,26)19-16-23(17-12-8-6-9-13-17)22-20(19)21(2,3)4/h6-16H,5H2,1-4H3. The van der Waals surface area contributed by atoms with Gasteiger partial charge in [-0.3, -0.25) is 4.31 Å². The highest BCUT2D eigenvalue weighted by molar-refractivity contribution is 7.92. The van der Waals surface area contributed by atoms with Crippen molar-refractivity contribution in [2.75, 3.05) is 10.8 Å². The topological polar surface area (TPSA) is 55.2 Å². The van der Waals surface area contributed by atoms with E-state index in [0.717, 1.165) is 5.69 Å². The molecule has 0 saturated carbocycles. The van der Waals surface area contributed by atoms with Gasteiger partial charge in [0.1, 0.15) is 4.90 Å². The van der Waals surface area contributed by atoms with Crippen LogP contribution in [0.5, 0.6) is 0 Å². The number of para-hydroxylation sites is 2. The number of sulfonamides is 1. The normalized spacial score (nSPS) is 12.1. The molecule has 0 fully saturated rings. The van der Waals surface area contributed by atoms with E-state index in [0.29, 0.717) is 17.9 Å². The molecule has 2 aromatic carbocycles. The second kappa shape index (κ2) is 7.19. The number of benzene rings is 2. The molecule has 6 heteroatoms. The first-order chi connectivity index (χ1) is 12.7. The SMILES string of the molecule is CCN(c1ccccc1)S(=O)(=O)c1cn(-c2ccccc2)nc1C(C)(C)C. The highest BCUT2D eigenvalue weighted by Crippen LogP contribution is 2.32. The summed E-state index contributed by atoms with van der Waals surface area (Å²) in [6.07, 6.45) is 1.62. The van der Waals surface area contributed by atoms with Crippen LogP contribution in [0.3, 0.4) is 0 Å². The van der Waals surface area contributed by atoms with E-state index in [9.17, 15) is 8.42 Å². The lowest BCUT2D eigenvalue weighted by Crippen LogP contribution is -2.32. The number of nitrogens with zero attached hydrogens (tertiary/aromatic N) is 3. The zero-order chi connectivity index (χ0) is 19.7. The van der Waals surface area contributed by atoms with Gasteiger partial charge in [0.05, 0.1) is 23.3 Å². The Labute approximate surface area is 161 Å². The molecule has 0 unspecified atom stereocenters. The first-order valence-electron chi connectivity index (χ1n) is 8.98. The van der Waals surface area contributed by atoms with Gasteiger partial charge in [-0.2, -0.15) is 5.10 Å². The molecule has 0 amide bonds. The minimum atomic E-state index is -3.76. The average molecular weight is 384 g/mol. The Kier molecular flexibility index (Phi) is 5.11. The molecule has 0 saturated heterocycles. The molecule has 0 radical (unpaired) electrons. The predicted molar refractivity (Wildman–Crippen MR) is 109 cm³/mol. The second-order valence-electron chi connectivity index (χ2n) is 7.38. The van der Waals surface area contributed by atoms with Crippen LogP contribution in [-0.2, 0) is 15.4 Å². The van der Waals surface area contributed by atoms with E-state index in [1.807, 2.05) is 76.2 Å². The summed E-state index contributed by atoms with van der Waals surface area (Å²) >= 11 is 0. The second-order valence-corrected chi connectivity index (χ2v) is 9.21. The lowest BCUT2D eigenvalue weighted by Gasteiger charge is -2.24. The lowest BCUT2D eigenvalue weighted by molar-refractivity contribution is 0.541. The van der Waals surface area contributed by atoms with Crippen LogP contribution in [0.25, 0.3) is 5.69 Å². The highest BCUT2D eigenvalue weighted by atomic mass is 32.2. The van der Waals surface area contributed by atoms with Crippen LogP contribution in [0.2, 0.25) is 0 Å². The summed E-state index contributed by atoms with van der Waals surface area (Å²) in [5.74, 6) is 0. The minimum Gasteiger partial charge on any atom is -0.267 e. The molecule has 0 N–H and O–H groups in total. The molecule has 0 aliphatic heterocycles. The van der Waals surface area contributed by atoms with Gasteiger partial charge in [0.2, 0.25) is 0 Å². The van der Waals surface area contributed by atoms with E-state index in [2.05, 4.69) is 5.10 Å². The lowest BCUT2D eigenvalue weighted by atomic mass is 9.92. The maximum atomic E-state index is 13.5. The van der Waals surface area contributed by atoms with Gasteiger partial charge in [0.15, 0.2) is 0 Å². The van der Waals surface area contributed by atoms with Gasteiger partial charge in [-0.1, -0.05) is 57.2 Å². The Balaban J connectivity index is 2.18. The molecule has 1 heterocycles. The number of rotatable bonds is 5. The van der Waals surface area contributed by atoms with Crippen molar-refractivity contribution in [3.8, 4) is 5.69 Å². The molecule has 3 rings (SSSR count). The zero-order valence-corrected chi connectivity index (χ0v) is 16.9. The Morgan fingerprint density at radius 1 is 0.963 bits per heavy atom. The van der Waals surface area contributed by atoms with Gasteiger partial charge in [-0.15, -0.1) is 0 Å². The van der Waals surface area contributed by atoms with Crippen LogP contribution in [0, 0.1) is 0 Å². The van der Waals surface area contributed by atoms with Crippen LogP contribution in [0.15, 0.2) is 71.8 Å². The molecule has 5 nitrogen and oxygen atoms in total. The summed E-state index contributed by atoms with van der Waals surface area (Å²) in [6, 6.07) is 18.7. The fourth-order valence-corrected chi connectivity index (χ4v) is 4.78. The molecular formula is C21H25N3O2S. The van der Waals surface area contributed by atoms with Crippen LogP contribution in [0.4, 0.5) is 5.69 Å². The van der Waals surface area contributed by atoms with Crippen molar-refractivity contribution < 1.29 is 8.42 Å². The van der Waals surface area contributed by atoms with Crippen molar-refractivity contribution in [2.24, 2.45) is 0 Å². The van der Waals surface area contributed by atoms with Gasteiger partial charge < -0.3 is 0 Å². The van der Waals surface area contributed by atoms with E-state index in [1.54, 1.807) is 23.0 Å². The van der Waals surface area contributed by atoms with Gasteiger partial charge in [-0.25, -0.2) is 13.1 Å². The average Bonchev–Trinajstić information content (AvgIpc) is 3.11. The molecule has 0 aliphatic carbocycles. The van der Waals surface area contributed by atoms with Gasteiger partial charge in [0, 0.05) is 12.0 Å². The molecular weight excluding hydrogens is 358 g/mol. The smallest absolute Gasteiger partial charge is 0.267 e. The first kappa shape index (κ1) is 19.2. The molecule has 1 aromatic heterocycles. The van der Waals surface area contributed by atoms with Crippen molar-refractivity contribution in [2.45, 2.75) is 38.0 Å². The molecule has 142 valence electrons. The molecule has 0 bridgehead atoms. The Hall–Kier alpha value is -2.60. The van der Waals surface area contributed by atoms with Crippen molar-refractivity contribution in [3.63, 3.8) is 0 Å². The monoisotopic (exact) mass is 383 g/mol. The number of hydrogen-bond donors (Lipinski definition) is 0. The van der Waals surface area contributed by atoms with Crippen molar-refractivity contribution in [1.82, 2.24) is 9.78 Å².